The van der Waals surface area contributed by atoms with Crippen LogP contribution in [0.2, 0.25) is 0 Å². The smallest absolute Gasteiger partial charge is 0.342 e. The molecule has 6 amide bonds. The molecule has 2 atom stereocenters. The monoisotopic (exact) mass is 890 g/mol. The van der Waals surface area contributed by atoms with Gasteiger partial charge < -0.3 is 35.2 Å². The van der Waals surface area contributed by atoms with E-state index < -0.39 is 59.8 Å². The molecule has 1 saturated carbocycles. The molecule has 2 saturated heterocycles. The van der Waals surface area contributed by atoms with E-state index in [0.29, 0.717) is 38.2 Å². The number of rotatable bonds is 15. The van der Waals surface area contributed by atoms with Crippen molar-refractivity contribution in [2.75, 3.05) is 80.5 Å². The second-order valence-corrected chi connectivity index (χ2v) is 16.5. The Labute approximate surface area is 366 Å². The number of benzene rings is 2. The molecule has 3 aromatic rings. The van der Waals surface area contributed by atoms with Gasteiger partial charge in [-0.05, 0) is 56.8 Å². The lowest BCUT2D eigenvalue weighted by Gasteiger charge is -2.31. The van der Waals surface area contributed by atoms with E-state index in [9.17, 15) is 28.8 Å². The van der Waals surface area contributed by atoms with Crippen LogP contribution in [0.15, 0.2) is 36.5 Å². The number of ether oxygens (including phenoxy) is 2. The molecule has 4 aliphatic heterocycles. The number of hydrogen-bond donors (Lipinski definition) is 4. The second kappa shape index (κ2) is 18.4. The number of alkyl halides is 2. The van der Waals surface area contributed by atoms with Gasteiger partial charge in [-0.3, -0.25) is 43.9 Å². The molecule has 1 aliphatic carbocycles. The Kier molecular flexibility index (Phi) is 12.7. The van der Waals surface area contributed by atoms with Gasteiger partial charge in [-0.1, -0.05) is 18.9 Å². The lowest BCUT2D eigenvalue weighted by Crippen LogP contribution is -2.54. The summed E-state index contributed by atoms with van der Waals surface area (Å²) < 4.78 is 57.1. The number of fused-ring (bicyclic) bond motifs is 2. The molecular weight excluding hydrogens is 842 g/mol. The molecule has 0 spiro atoms. The summed E-state index contributed by atoms with van der Waals surface area (Å²) in [4.78, 5) is 90.8. The number of halogens is 3. The third kappa shape index (κ3) is 8.77. The van der Waals surface area contributed by atoms with E-state index >= 15 is 13.2 Å². The van der Waals surface area contributed by atoms with Gasteiger partial charge in [0.25, 0.3) is 23.6 Å². The standard InChI is InChI=1S/C43H49F3N10O8/c1-53-32-22-49-42(52-36(32)55(24-7-3-4-8-24)23-43(45,46)41(53)62)50-30-20-28(44)27(19-33(30)63-2)37(58)48-21-25-9-6-15-54(25)16-18-64-17-14-47-29-11-5-10-26-35(29)40(61)56(39(26)60)31-12-13-34(57)51-38(31)59/h5,10-11,19-20,22,24-25,31,47H,3-4,6-9,12-18,21,23H2,1-2H3,(H,48,58)(H,49,50,52)(H,51,57,59). The van der Waals surface area contributed by atoms with Crippen molar-refractivity contribution in [3.63, 3.8) is 0 Å². The van der Waals surface area contributed by atoms with Crippen LogP contribution in [0, 0.1) is 5.82 Å². The van der Waals surface area contributed by atoms with Gasteiger partial charge in [0.2, 0.25) is 17.8 Å². The Morgan fingerprint density at radius 2 is 1.80 bits per heavy atom. The van der Waals surface area contributed by atoms with Crippen LogP contribution in [-0.4, -0.2) is 139 Å². The first-order chi connectivity index (χ1) is 30.7. The largest absolute Gasteiger partial charge is 0.495 e. The van der Waals surface area contributed by atoms with Gasteiger partial charge in [0.1, 0.15) is 23.3 Å². The number of likely N-dealkylation sites (tertiary alicyclic amines) is 1. The molecule has 0 radical (unpaired) electrons. The Morgan fingerprint density at radius 3 is 2.56 bits per heavy atom. The molecule has 2 unspecified atom stereocenters. The first-order valence-electron chi connectivity index (χ1n) is 21.4. The minimum Gasteiger partial charge on any atom is -0.495 e. The number of carbonyl (C=O) groups excluding carboxylic acids is 6. The minimum absolute atomic E-state index is 0.0252. The Morgan fingerprint density at radius 1 is 1.00 bits per heavy atom. The third-order valence-electron chi connectivity index (χ3n) is 12.5. The fourth-order valence-corrected chi connectivity index (χ4v) is 9.15. The van der Waals surface area contributed by atoms with Crippen LogP contribution in [0.25, 0.3) is 0 Å². The number of imide groups is 2. The summed E-state index contributed by atoms with van der Waals surface area (Å²) >= 11 is 0. The quantitative estimate of drug-likeness (QED) is 0.127. The van der Waals surface area contributed by atoms with Crippen LogP contribution in [0.3, 0.4) is 0 Å². The van der Waals surface area contributed by atoms with E-state index in [4.69, 9.17) is 9.47 Å². The zero-order chi connectivity index (χ0) is 45.3. The Bertz CT molecular complexity index is 2360. The highest BCUT2D eigenvalue weighted by atomic mass is 19.3. The molecular formula is C43H49F3N10O8. The average Bonchev–Trinajstić information content (AvgIpc) is 4.03. The third-order valence-corrected chi connectivity index (χ3v) is 12.5. The van der Waals surface area contributed by atoms with Crippen molar-refractivity contribution in [1.82, 2.24) is 30.4 Å². The van der Waals surface area contributed by atoms with Gasteiger partial charge in [-0.25, -0.2) is 9.37 Å². The maximum atomic E-state index is 15.6. The highest BCUT2D eigenvalue weighted by molar-refractivity contribution is 6.25. The molecule has 0 bridgehead atoms. The molecule has 5 aliphatic rings. The molecule has 64 heavy (non-hydrogen) atoms. The molecule has 21 heteroatoms. The normalized spacial score (nSPS) is 21.2. The van der Waals surface area contributed by atoms with Crippen molar-refractivity contribution >= 4 is 64.3 Å². The summed E-state index contributed by atoms with van der Waals surface area (Å²) in [6.45, 7) is 1.73. The van der Waals surface area contributed by atoms with Crippen LogP contribution in [-0.2, 0) is 19.1 Å². The van der Waals surface area contributed by atoms with Crippen LogP contribution >= 0.6 is 0 Å². The molecule has 8 rings (SSSR count). The summed E-state index contributed by atoms with van der Waals surface area (Å²) in [5.41, 5.74) is 0.741. The van der Waals surface area contributed by atoms with E-state index in [0.717, 1.165) is 48.1 Å². The van der Waals surface area contributed by atoms with Gasteiger partial charge in [-0.15, -0.1) is 0 Å². The fourth-order valence-electron chi connectivity index (χ4n) is 9.15. The lowest BCUT2D eigenvalue weighted by atomic mass is 10.0. The number of carbonyl (C=O) groups is 6. The molecule has 3 fully saturated rings. The van der Waals surface area contributed by atoms with Crippen molar-refractivity contribution in [2.45, 2.75) is 75.4 Å². The number of aromatic nitrogens is 2. The van der Waals surface area contributed by atoms with Gasteiger partial charge >= 0.3 is 5.92 Å². The molecule has 5 heterocycles. The van der Waals surface area contributed by atoms with Gasteiger partial charge in [-0.2, -0.15) is 13.8 Å². The first kappa shape index (κ1) is 44.3. The maximum absolute atomic E-state index is 15.6. The van der Waals surface area contributed by atoms with Crippen molar-refractivity contribution in [3.05, 3.63) is 59.0 Å². The van der Waals surface area contributed by atoms with Crippen LogP contribution < -0.4 is 35.8 Å². The van der Waals surface area contributed by atoms with E-state index in [2.05, 4.69) is 36.1 Å². The molecule has 1 aromatic heterocycles. The van der Waals surface area contributed by atoms with Gasteiger partial charge in [0, 0.05) is 56.9 Å². The highest BCUT2D eigenvalue weighted by Crippen LogP contribution is 2.40. The van der Waals surface area contributed by atoms with Crippen molar-refractivity contribution in [2.24, 2.45) is 0 Å². The van der Waals surface area contributed by atoms with E-state index in [1.165, 1.54) is 37.4 Å². The Hall–Kier alpha value is -6.35. The van der Waals surface area contributed by atoms with E-state index in [1.807, 2.05) is 0 Å². The first-order valence-corrected chi connectivity index (χ1v) is 21.4. The molecule has 18 nitrogen and oxygen atoms in total. The predicted molar refractivity (Wildman–Crippen MR) is 226 cm³/mol. The SMILES string of the molecule is COc1cc(C(=O)NCC2CCCN2CCOCCNc2cccc3c2C(=O)N(C2CCC(=O)NC2=O)C3=O)c(F)cc1Nc1ncc2c(n1)N(C1CCCC1)CC(F)(F)C(=O)N2C. The summed E-state index contributed by atoms with van der Waals surface area (Å²) in [6.07, 6.45) is 6.13. The predicted octanol–water partition coefficient (Wildman–Crippen LogP) is 3.45. The van der Waals surface area contributed by atoms with Crippen LogP contribution in [0.4, 0.5) is 42.0 Å². The summed E-state index contributed by atoms with van der Waals surface area (Å²) in [5.74, 6) is -8.59. The van der Waals surface area contributed by atoms with E-state index in [-0.39, 0.29) is 83.7 Å². The van der Waals surface area contributed by atoms with Crippen LogP contribution in [0.5, 0.6) is 5.75 Å². The van der Waals surface area contributed by atoms with Crippen molar-refractivity contribution < 1.29 is 51.4 Å². The number of nitrogens with zero attached hydrogens (tertiary/aromatic N) is 6. The number of methoxy groups -OCH3 is 1. The Balaban J connectivity index is 0.829. The average molecular weight is 891 g/mol. The fraction of sp³-hybridized carbons (Fsp3) is 0.488. The van der Waals surface area contributed by atoms with Crippen LogP contribution in [0.1, 0.15) is 82.4 Å². The molecule has 4 N–H and O–H groups in total. The second-order valence-electron chi connectivity index (χ2n) is 16.5. The summed E-state index contributed by atoms with van der Waals surface area (Å²) in [5, 5.41) is 11.1. The molecule has 340 valence electrons. The lowest BCUT2D eigenvalue weighted by molar-refractivity contribution is -0.140. The number of amides is 6. The number of piperidine rings is 1. The minimum atomic E-state index is -3.65. The summed E-state index contributed by atoms with van der Waals surface area (Å²) in [6, 6.07) is 5.84. The topological polar surface area (TPSA) is 208 Å². The van der Waals surface area contributed by atoms with E-state index in [1.54, 1.807) is 12.1 Å². The zero-order valence-corrected chi connectivity index (χ0v) is 35.4. The number of nitrogens with one attached hydrogen (secondary N) is 4. The van der Waals surface area contributed by atoms with Crippen molar-refractivity contribution in [3.8, 4) is 5.75 Å². The maximum Gasteiger partial charge on any atom is 0.342 e. The van der Waals surface area contributed by atoms with Gasteiger partial charge in [0.15, 0.2) is 5.82 Å². The highest BCUT2D eigenvalue weighted by Gasteiger charge is 2.49. The summed E-state index contributed by atoms with van der Waals surface area (Å²) in [7, 11) is 2.61. The number of hydrogen-bond acceptors (Lipinski definition) is 14. The van der Waals surface area contributed by atoms with Gasteiger partial charge in [0.05, 0.1) is 55.4 Å². The molecule has 2 aromatic carbocycles. The zero-order valence-electron chi connectivity index (χ0n) is 35.4. The number of anilines is 5. The van der Waals surface area contributed by atoms with Crippen molar-refractivity contribution in [1.29, 1.82) is 0 Å².